The van der Waals surface area contributed by atoms with E-state index >= 15 is 0 Å². The van der Waals surface area contributed by atoms with Gasteiger partial charge in [0.2, 0.25) is 0 Å². The average molecular weight is 262 g/mol. The van der Waals surface area contributed by atoms with Crippen LogP contribution in [-0.4, -0.2) is 42.3 Å². The van der Waals surface area contributed by atoms with E-state index in [1.807, 2.05) is 6.07 Å². The number of hydrogen-bond acceptors (Lipinski definition) is 3. The molecule has 19 heavy (non-hydrogen) atoms. The van der Waals surface area contributed by atoms with Crippen molar-refractivity contribution in [3.63, 3.8) is 0 Å². The first-order chi connectivity index (χ1) is 9.35. The quantitative estimate of drug-likeness (QED) is 0.753. The molecule has 1 aromatic carbocycles. The minimum Gasteiger partial charge on any atom is -0.396 e. The Hall–Kier alpha value is -0.900. The molecule has 0 amide bonds. The number of aliphatic hydroxyl groups excluding tert-OH is 1. The van der Waals surface area contributed by atoms with Crippen LogP contribution in [0.5, 0.6) is 0 Å². The lowest BCUT2D eigenvalue weighted by molar-refractivity contribution is 0.110. The maximum atomic E-state index is 9.04. The molecule has 0 radical (unpaired) electrons. The predicted octanol–water partition coefficient (Wildman–Crippen LogP) is 1.97. The normalized spacial score (nSPS) is 17.4. The Morgan fingerprint density at radius 1 is 1.26 bits per heavy atom. The number of nitrogens with two attached hydrogens (primary N) is 1. The molecule has 0 saturated heterocycles. The Balaban J connectivity index is 1.97. The smallest absolute Gasteiger partial charge is 0.0443 e. The number of hydrogen-bond donors (Lipinski definition) is 2. The lowest BCUT2D eigenvalue weighted by Crippen LogP contribution is -2.44. The van der Waals surface area contributed by atoms with Gasteiger partial charge in [0.05, 0.1) is 0 Å². The topological polar surface area (TPSA) is 49.5 Å². The van der Waals surface area contributed by atoms with Crippen molar-refractivity contribution in [1.82, 2.24) is 4.90 Å². The summed E-state index contributed by atoms with van der Waals surface area (Å²) in [7, 11) is 0. The highest BCUT2D eigenvalue weighted by Crippen LogP contribution is 2.27. The van der Waals surface area contributed by atoms with Gasteiger partial charge in [-0.1, -0.05) is 36.8 Å². The van der Waals surface area contributed by atoms with Crippen LogP contribution in [0.15, 0.2) is 30.3 Å². The molecule has 0 aliphatic heterocycles. The van der Waals surface area contributed by atoms with Gasteiger partial charge >= 0.3 is 0 Å². The van der Waals surface area contributed by atoms with E-state index < -0.39 is 0 Å². The minimum absolute atomic E-state index is 0.280. The Kier molecular flexibility index (Phi) is 5.83. The molecule has 1 aliphatic rings. The molecule has 1 unspecified atom stereocenters. The van der Waals surface area contributed by atoms with Gasteiger partial charge in [-0.3, -0.25) is 4.90 Å². The monoisotopic (exact) mass is 262 g/mol. The van der Waals surface area contributed by atoms with E-state index in [1.165, 1.54) is 24.8 Å². The molecule has 0 aromatic heterocycles. The summed E-state index contributed by atoms with van der Waals surface area (Å²) < 4.78 is 0. The van der Waals surface area contributed by atoms with Crippen molar-refractivity contribution in [1.29, 1.82) is 0 Å². The first-order valence-corrected chi connectivity index (χ1v) is 7.45. The Morgan fingerprint density at radius 2 is 2.00 bits per heavy atom. The molecule has 0 heterocycles. The molecule has 1 atom stereocenters. The summed E-state index contributed by atoms with van der Waals surface area (Å²) in [5, 5.41) is 9.04. The molecule has 1 aromatic rings. The maximum absolute atomic E-state index is 9.04. The van der Waals surface area contributed by atoms with Gasteiger partial charge in [-0.05, 0) is 24.8 Å². The highest BCUT2D eigenvalue weighted by molar-refractivity contribution is 5.20. The average Bonchev–Trinajstić information content (AvgIpc) is 2.40. The lowest BCUT2D eigenvalue weighted by atomic mass is 9.89. The van der Waals surface area contributed by atoms with Crippen molar-refractivity contribution in [2.75, 3.05) is 26.2 Å². The number of rotatable bonds is 8. The summed E-state index contributed by atoms with van der Waals surface area (Å²) in [4.78, 5) is 2.53. The van der Waals surface area contributed by atoms with E-state index in [9.17, 15) is 0 Å². The van der Waals surface area contributed by atoms with E-state index in [0.717, 1.165) is 19.5 Å². The van der Waals surface area contributed by atoms with Gasteiger partial charge in [-0.25, -0.2) is 0 Å². The van der Waals surface area contributed by atoms with Gasteiger partial charge in [0, 0.05) is 38.2 Å². The second-order valence-electron chi connectivity index (χ2n) is 5.50. The van der Waals surface area contributed by atoms with E-state index in [-0.39, 0.29) is 6.61 Å². The first-order valence-electron chi connectivity index (χ1n) is 7.45. The van der Waals surface area contributed by atoms with Crippen LogP contribution < -0.4 is 5.73 Å². The van der Waals surface area contributed by atoms with Crippen LogP contribution in [-0.2, 0) is 0 Å². The van der Waals surface area contributed by atoms with Crippen molar-refractivity contribution in [2.45, 2.75) is 37.6 Å². The second kappa shape index (κ2) is 7.63. The SMILES string of the molecule is NCC(CN(CCCO)C1CCC1)c1ccccc1. The number of aliphatic hydroxyl groups is 1. The highest BCUT2D eigenvalue weighted by Gasteiger charge is 2.26. The van der Waals surface area contributed by atoms with Gasteiger partial charge in [-0.15, -0.1) is 0 Å². The van der Waals surface area contributed by atoms with Crippen LogP contribution >= 0.6 is 0 Å². The fourth-order valence-corrected chi connectivity index (χ4v) is 2.77. The maximum Gasteiger partial charge on any atom is 0.0443 e. The van der Waals surface area contributed by atoms with Crippen molar-refractivity contribution in [3.05, 3.63) is 35.9 Å². The second-order valence-corrected chi connectivity index (χ2v) is 5.50. The molecular weight excluding hydrogens is 236 g/mol. The first kappa shape index (κ1) is 14.5. The van der Waals surface area contributed by atoms with E-state index in [0.29, 0.717) is 18.5 Å². The standard InChI is InChI=1S/C16H26N2O/c17-12-15(14-6-2-1-3-7-14)13-18(10-5-11-19)16-8-4-9-16/h1-3,6-7,15-16,19H,4-5,8-13,17H2. The third-order valence-corrected chi connectivity index (χ3v) is 4.20. The Bertz CT molecular complexity index is 351. The Morgan fingerprint density at radius 3 is 2.53 bits per heavy atom. The fraction of sp³-hybridized carbons (Fsp3) is 0.625. The summed E-state index contributed by atoms with van der Waals surface area (Å²) >= 11 is 0. The molecule has 3 N–H and O–H groups in total. The predicted molar refractivity (Wildman–Crippen MR) is 79.2 cm³/mol. The van der Waals surface area contributed by atoms with E-state index in [2.05, 4.69) is 29.2 Å². The van der Waals surface area contributed by atoms with Gasteiger partial charge in [-0.2, -0.15) is 0 Å². The molecule has 1 aliphatic carbocycles. The van der Waals surface area contributed by atoms with Gasteiger partial charge in [0.25, 0.3) is 0 Å². The molecule has 0 spiro atoms. The van der Waals surface area contributed by atoms with Crippen molar-refractivity contribution >= 4 is 0 Å². The molecular formula is C16H26N2O. The molecule has 106 valence electrons. The van der Waals surface area contributed by atoms with Crippen LogP contribution in [0, 0.1) is 0 Å². The van der Waals surface area contributed by atoms with E-state index in [1.54, 1.807) is 0 Å². The zero-order valence-electron chi connectivity index (χ0n) is 11.7. The van der Waals surface area contributed by atoms with Gasteiger partial charge in [0.1, 0.15) is 0 Å². The lowest BCUT2D eigenvalue weighted by Gasteiger charge is -2.39. The van der Waals surface area contributed by atoms with Crippen molar-refractivity contribution in [3.8, 4) is 0 Å². The van der Waals surface area contributed by atoms with Crippen molar-refractivity contribution in [2.24, 2.45) is 5.73 Å². The summed E-state index contributed by atoms with van der Waals surface area (Å²) in [5.74, 6) is 0.403. The van der Waals surface area contributed by atoms with Crippen LogP contribution in [0.1, 0.15) is 37.2 Å². The number of benzene rings is 1. The third-order valence-electron chi connectivity index (χ3n) is 4.20. The highest BCUT2D eigenvalue weighted by atomic mass is 16.3. The van der Waals surface area contributed by atoms with Crippen LogP contribution in [0.3, 0.4) is 0 Å². The zero-order valence-corrected chi connectivity index (χ0v) is 11.7. The van der Waals surface area contributed by atoms with Gasteiger partial charge in [0.15, 0.2) is 0 Å². The zero-order chi connectivity index (χ0) is 13.5. The summed E-state index contributed by atoms with van der Waals surface area (Å²) in [6.07, 6.45) is 4.82. The molecule has 2 rings (SSSR count). The molecule has 3 heteroatoms. The van der Waals surface area contributed by atoms with Crippen LogP contribution in [0.2, 0.25) is 0 Å². The van der Waals surface area contributed by atoms with Crippen LogP contribution in [0.4, 0.5) is 0 Å². The van der Waals surface area contributed by atoms with Gasteiger partial charge < -0.3 is 10.8 Å². The largest absolute Gasteiger partial charge is 0.396 e. The van der Waals surface area contributed by atoms with E-state index in [4.69, 9.17) is 10.8 Å². The summed E-state index contributed by atoms with van der Waals surface area (Å²) in [6.45, 7) is 2.98. The van der Waals surface area contributed by atoms with Crippen LogP contribution in [0.25, 0.3) is 0 Å². The van der Waals surface area contributed by atoms with Crippen molar-refractivity contribution < 1.29 is 5.11 Å². The summed E-state index contributed by atoms with van der Waals surface area (Å²) in [5.41, 5.74) is 7.30. The Labute approximate surface area is 116 Å². The number of nitrogens with zero attached hydrogens (tertiary/aromatic N) is 1. The molecule has 0 bridgehead atoms. The third kappa shape index (κ3) is 4.03. The fourth-order valence-electron chi connectivity index (χ4n) is 2.77. The molecule has 1 saturated carbocycles. The summed E-state index contributed by atoms with van der Waals surface area (Å²) in [6, 6.07) is 11.3. The molecule has 3 nitrogen and oxygen atoms in total. The molecule has 1 fully saturated rings. The minimum atomic E-state index is 0.280.